The number of nitrogens with two attached hydrogens (primary N) is 1. The van der Waals surface area contributed by atoms with Crippen molar-refractivity contribution in [1.29, 1.82) is 0 Å². The molecule has 0 heterocycles. The predicted molar refractivity (Wildman–Crippen MR) is 53.9 cm³/mol. The third kappa shape index (κ3) is 2.59. The lowest BCUT2D eigenvalue weighted by molar-refractivity contribution is -0.137. The van der Waals surface area contributed by atoms with Gasteiger partial charge in [-0.2, -0.15) is 13.2 Å². The van der Waals surface area contributed by atoms with Gasteiger partial charge in [-0.1, -0.05) is 12.2 Å². The molecule has 82 valence electrons. The standard InChI is InChI=1S/C9H8F3NOS/c1-14-7-4-5(9(10,11)12)2-3-6(7)8(13)15/h2-4H,1H3,(H2,13,15). The van der Waals surface area contributed by atoms with Gasteiger partial charge in [-0.15, -0.1) is 0 Å². The van der Waals surface area contributed by atoms with Crippen molar-refractivity contribution in [2.24, 2.45) is 5.73 Å². The first-order valence-corrected chi connectivity index (χ1v) is 4.32. The summed E-state index contributed by atoms with van der Waals surface area (Å²) >= 11 is 4.67. The van der Waals surface area contributed by atoms with Gasteiger partial charge in [0.05, 0.1) is 18.2 Å². The van der Waals surface area contributed by atoms with Crippen molar-refractivity contribution in [3.63, 3.8) is 0 Å². The molecule has 0 radical (unpaired) electrons. The number of hydrogen-bond donors (Lipinski definition) is 1. The summed E-state index contributed by atoms with van der Waals surface area (Å²) in [6, 6.07) is 2.98. The Morgan fingerprint density at radius 1 is 1.40 bits per heavy atom. The van der Waals surface area contributed by atoms with E-state index in [4.69, 9.17) is 10.5 Å². The highest BCUT2D eigenvalue weighted by Gasteiger charge is 2.31. The molecule has 0 unspecified atom stereocenters. The highest BCUT2D eigenvalue weighted by atomic mass is 32.1. The number of benzene rings is 1. The summed E-state index contributed by atoms with van der Waals surface area (Å²) in [6.45, 7) is 0. The summed E-state index contributed by atoms with van der Waals surface area (Å²) in [7, 11) is 1.26. The Kier molecular flexibility index (Phi) is 3.18. The maximum absolute atomic E-state index is 12.3. The van der Waals surface area contributed by atoms with Gasteiger partial charge in [-0.3, -0.25) is 0 Å². The van der Waals surface area contributed by atoms with E-state index in [2.05, 4.69) is 12.2 Å². The minimum Gasteiger partial charge on any atom is -0.496 e. The van der Waals surface area contributed by atoms with Crippen LogP contribution in [0.1, 0.15) is 11.1 Å². The van der Waals surface area contributed by atoms with Crippen molar-refractivity contribution in [2.45, 2.75) is 6.18 Å². The Hall–Kier alpha value is -1.30. The van der Waals surface area contributed by atoms with Gasteiger partial charge in [-0.05, 0) is 18.2 Å². The number of halogens is 3. The quantitative estimate of drug-likeness (QED) is 0.799. The molecule has 2 N–H and O–H groups in total. The third-order valence-electron chi connectivity index (χ3n) is 1.79. The van der Waals surface area contributed by atoms with Crippen LogP contribution in [-0.2, 0) is 6.18 Å². The lowest BCUT2D eigenvalue weighted by Gasteiger charge is -2.11. The zero-order valence-electron chi connectivity index (χ0n) is 7.76. The average molecular weight is 235 g/mol. The van der Waals surface area contributed by atoms with E-state index in [1.54, 1.807) is 0 Å². The molecule has 0 bridgehead atoms. The topological polar surface area (TPSA) is 35.2 Å². The molecule has 15 heavy (non-hydrogen) atoms. The predicted octanol–water partition coefficient (Wildman–Crippen LogP) is 2.35. The van der Waals surface area contributed by atoms with Gasteiger partial charge in [0.25, 0.3) is 0 Å². The molecule has 0 aliphatic rings. The molecule has 0 aliphatic heterocycles. The number of thiocarbonyl (C=S) groups is 1. The fourth-order valence-corrected chi connectivity index (χ4v) is 1.24. The van der Waals surface area contributed by atoms with Crippen LogP contribution in [-0.4, -0.2) is 12.1 Å². The van der Waals surface area contributed by atoms with Crippen LogP contribution in [0.3, 0.4) is 0 Å². The molecule has 2 nitrogen and oxygen atoms in total. The highest BCUT2D eigenvalue weighted by Crippen LogP contribution is 2.32. The molecular weight excluding hydrogens is 227 g/mol. The lowest BCUT2D eigenvalue weighted by atomic mass is 10.1. The molecule has 6 heteroatoms. The van der Waals surface area contributed by atoms with Gasteiger partial charge in [0.15, 0.2) is 0 Å². The van der Waals surface area contributed by atoms with Crippen LogP contribution < -0.4 is 10.5 Å². The van der Waals surface area contributed by atoms with Gasteiger partial charge in [-0.25, -0.2) is 0 Å². The number of rotatable bonds is 2. The first-order valence-electron chi connectivity index (χ1n) is 3.91. The van der Waals surface area contributed by atoms with Gasteiger partial charge in [0.2, 0.25) is 0 Å². The fraction of sp³-hybridized carbons (Fsp3) is 0.222. The second-order valence-corrected chi connectivity index (χ2v) is 3.22. The minimum atomic E-state index is -4.40. The molecule has 0 saturated carbocycles. The highest BCUT2D eigenvalue weighted by molar-refractivity contribution is 7.80. The second-order valence-electron chi connectivity index (χ2n) is 2.78. The van der Waals surface area contributed by atoms with Gasteiger partial charge in [0, 0.05) is 0 Å². The van der Waals surface area contributed by atoms with E-state index in [0.29, 0.717) is 5.56 Å². The fourth-order valence-electron chi connectivity index (χ4n) is 1.07. The van der Waals surface area contributed by atoms with Crippen molar-refractivity contribution in [3.8, 4) is 5.75 Å². The zero-order chi connectivity index (χ0) is 11.6. The summed E-state index contributed by atoms with van der Waals surface area (Å²) in [5, 5.41) is 0. The third-order valence-corrected chi connectivity index (χ3v) is 2.01. The van der Waals surface area contributed by atoms with Gasteiger partial charge in [0.1, 0.15) is 10.7 Å². The van der Waals surface area contributed by atoms with E-state index < -0.39 is 11.7 Å². The van der Waals surface area contributed by atoms with Crippen LogP contribution in [0.25, 0.3) is 0 Å². The average Bonchev–Trinajstić information content (AvgIpc) is 2.15. The smallest absolute Gasteiger partial charge is 0.416 e. The Balaban J connectivity index is 3.25. The SMILES string of the molecule is COc1cc(C(F)(F)F)ccc1C(N)=S. The van der Waals surface area contributed by atoms with Crippen molar-refractivity contribution in [3.05, 3.63) is 29.3 Å². The number of methoxy groups -OCH3 is 1. The first kappa shape index (κ1) is 11.8. The lowest BCUT2D eigenvalue weighted by Crippen LogP contribution is -2.13. The van der Waals surface area contributed by atoms with E-state index in [1.165, 1.54) is 13.2 Å². The Morgan fingerprint density at radius 3 is 2.40 bits per heavy atom. The molecule has 0 saturated heterocycles. The van der Waals surface area contributed by atoms with E-state index in [0.717, 1.165) is 12.1 Å². The summed E-state index contributed by atoms with van der Waals surface area (Å²) in [5.41, 5.74) is 4.82. The van der Waals surface area contributed by atoms with Crippen molar-refractivity contribution >= 4 is 17.2 Å². The molecule has 0 amide bonds. The van der Waals surface area contributed by atoms with Crippen LogP contribution >= 0.6 is 12.2 Å². The number of ether oxygens (including phenoxy) is 1. The van der Waals surface area contributed by atoms with E-state index in [-0.39, 0.29) is 10.7 Å². The molecule has 0 spiro atoms. The summed E-state index contributed by atoms with van der Waals surface area (Å²) in [5.74, 6) is 0.0253. The van der Waals surface area contributed by atoms with Crippen LogP contribution in [0.4, 0.5) is 13.2 Å². The molecule has 0 aromatic heterocycles. The van der Waals surface area contributed by atoms with Crippen molar-refractivity contribution in [1.82, 2.24) is 0 Å². The Morgan fingerprint density at radius 2 is 2.00 bits per heavy atom. The maximum Gasteiger partial charge on any atom is 0.416 e. The second kappa shape index (κ2) is 4.06. The molecule has 1 aromatic rings. The summed E-state index contributed by atoms with van der Waals surface area (Å²) < 4.78 is 41.7. The van der Waals surface area contributed by atoms with E-state index in [1.807, 2.05) is 0 Å². The summed E-state index contributed by atoms with van der Waals surface area (Å²) in [6.07, 6.45) is -4.40. The van der Waals surface area contributed by atoms with Crippen LogP contribution in [0.15, 0.2) is 18.2 Å². The van der Waals surface area contributed by atoms with Crippen LogP contribution in [0, 0.1) is 0 Å². The Bertz CT molecular complexity index is 389. The Labute approximate surface area is 89.8 Å². The normalized spacial score (nSPS) is 11.2. The van der Waals surface area contributed by atoms with Crippen LogP contribution in [0.2, 0.25) is 0 Å². The number of hydrogen-bond acceptors (Lipinski definition) is 2. The number of alkyl halides is 3. The monoisotopic (exact) mass is 235 g/mol. The first-order chi connectivity index (χ1) is 6.86. The van der Waals surface area contributed by atoms with E-state index in [9.17, 15) is 13.2 Å². The van der Waals surface area contributed by atoms with Crippen molar-refractivity contribution in [2.75, 3.05) is 7.11 Å². The van der Waals surface area contributed by atoms with Crippen LogP contribution in [0.5, 0.6) is 5.75 Å². The van der Waals surface area contributed by atoms with E-state index >= 15 is 0 Å². The molecular formula is C9H8F3NOS. The molecule has 1 rings (SSSR count). The minimum absolute atomic E-state index is 0.000532. The molecule has 0 aliphatic carbocycles. The van der Waals surface area contributed by atoms with Gasteiger partial charge >= 0.3 is 6.18 Å². The molecule has 0 atom stereocenters. The zero-order valence-corrected chi connectivity index (χ0v) is 8.58. The van der Waals surface area contributed by atoms with Crippen molar-refractivity contribution < 1.29 is 17.9 Å². The molecule has 1 aromatic carbocycles. The summed E-state index contributed by atoms with van der Waals surface area (Å²) in [4.78, 5) is 0.000532. The maximum atomic E-state index is 12.3. The largest absolute Gasteiger partial charge is 0.496 e. The molecule has 0 fully saturated rings. The van der Waals surface area contributed by atoms with Gasteiger partial charge < -0.3 is 10.5 Å².